The first-order chi connectivity index (χ1) is 13.2. The Morgan fingerprint density at radius 3 is 2.68 bits per heavy atom. The second-order valence-corrected chi connectivity index (χ2v) is 6.82. The zero-order valence-corrected chi connectivity index (χ0v) is 16.6. The number of nitrogens with one attached hydrogen (secondary N) is 1. The number of halogens is 3. The van der Waals surface area contributed by atoms with E-state index in [1.54, 1.807) is 13.8 Å². The third-order valence-electron chi connectivity index (χ3n) is 3.17. The number of nitrogens with zero attached hydrogens (tertiary/aromatic N) is 2. The molecule has 1 rings (SSSR count). The molecule has 0 aromatic carbocycles. The fourth-order valence-corrected chi connectivity index (χ4v) is 2.67. The topological polar surface area (TPSA) is 93.5 Å². The predicted molar refractivity (Wildman–Crippen MR) is 95.4 cm³/mol. The van der Waals surface area contributed by atoms with Gasteiger partial charge in [0, 0.05) is 23.4 Å². The molecule has 0 saturated heterocycles. The molecule has 0 unspecified atom stereocenters. The van der Waals surface area contributed by atoms with E-state index in [4.69, 9.17) is 9.47 Å². The normalized spacial score (nSPS) is 12.4. The summed E-state index contributed by atoms with van der Waals surface area (Å²) in [5.41, 5.74) is 0.208. The molecule has 0 bridgehead atoms. The molecule has 1 heterocycles. The molecule has 28 heavy (non-hydrogen) atoms. The van der Waals surface area contributed by atoms with Gasteiger partial charge < -0.3 is 19.5 Å². The summed E-state index contributed by atoms with van der Waals surface area (Å²) in [6.07, 6.45) is -3.07. The van der Waals surface area contributed by atoms with Crippen molar-refractivity contribution in [1.82, 2.24) is 10.3 Å². The molecule has 0 amide bonds. The van der Waals surface area contributed by atoms with E-state index in [0.717, 1.165) is 11.3 Å². The number of carbonyl (C=O) groups excluding carboxylic acids is 1. The minimum Gasteiger partial charge on any atom is -0.460 e. The van der Waals surface area contributed by atoms with E-state index < -0.39 is 18.8 Å². The predicted octanol–water partition coefficient (Wildman–Crippen LogP) is 3.19. The van der Waals surface area contributed by atoms with E-state index >= 15 is 0 Å². The fraction of sp³-hybridized carbons (Fsp3) is 0.588. The van der Waals surface area contributed by atoms with Gasteiger partial charge in [0.15, 0.2) is 12.2 Å². The number of aromatic nitrogens is 1. The summed E-state index contributed by atoms with van der Waals surface area (Å²) in [6.45, 7) is 4.87. The summed E-state index contributed by atoms with van der Waals surface area (Å²) < 4.78 is 51.2. The highest BCUT2D eigenvalue weighted by Gasteiger charge is 2.29. The molecule has 1 aromatic rings. The average Bonchev–Trinajstić information content (AvgIpc) is 3.07. The molecule has 11 heteroatoms. The van der Waals surface area contributed by atoms with Gasteiger partial charge in [0.25, 0.3) is 5.19 Å². The van der Waals surface area contributed by atoms with Crippen LogP contribution in [0.1, 0.15) is 25.6 Å². The molecule has 7 nitrogen and oxygen atoms in total. The number of carbonyl (C=O) groups is 1. The quantitative estimate of drug-likeness (QED) is 0.254. The third-order valence-corrected chi connectivity index (χ3v) is 4.08. The number of allylic oxidation sites excluding steroid dienone is 1. The molecule has 1 aromatic heterocycles. The maximum Gasteiger partial charge on any atom is 0.422 e. The molecule has 0 aliphatic rings. The van der Waals surface area contributed by atoms with Crippen molar-refractivity contribution in [2.45, 2.75) is 33.5 Å². The number of hydrogen-bond donors (Lipinski definition) is 1. The van der Waals surface area contributed by atoms with Gasteiger partial charge in [0.05, 0.1) is 13.2 Å². The van der Waals surface area contributed by atoms with Crippen LogP contribution in [-0.2, 0) is 20.8 Å². The number of nitriles is 1. The van der Waals surface area contributed by atoms with Crippen LogP contribution in [0.5, 0.6) is 5.19 Å². The molecule has 0 aliphatic carbocycles. The lowest BCUT2D eigenvalue weighted by Crippen LogP contribution is -2.23. The Morgan fingerprint density at radius 2 is 2.11 bits per heavy atom. The van der Waals surface area contributed by atoms with E-state index in [2.05, 4.69) is 15.0 Å². The van der Waals surface area contributed by atoms with Crippen molar-refractivity contribution < 1.29 is 32.2 Å². The van der Waals surface area contributed by atoms with Crippen LogP contribution in [0.25, 0.3) is 0 Å². The third kappa shape index (κ3) is 8.58. The van der Waals surface area contributed by atoms with Crippen molar-refractivity contribution in [3.05, 3.63) is 22.3 Å². The standard InChI is InChI=1S/C17H22F3N3O4S/c1-4-25-5-6-26-15(24)13(7-21)14(11(2)3)22-8-12-9-23-16(28-12)27-10-17(18,19)20/h9,11,22H,4-6,8,10H2,1-3H3/b14-13-. The van der Waals surface area contributed by atoms with E-state index in [9.17, 15) is 23.2 Å². The monoisotopic (exact) mass is 421 g/mol. The number of thiazole rings is 1. The van der Waals surface area contributed by atoms with Gasteiger partial charge in [-0.05, 0) is 12.8 Å². The second kappa shape index (κ2) is 11.5. The van der Waals surface area contributed by atoms with Gasteiger partial charge in [0.1, 0.15) is 12.7 Å². The number of esters is 1. The lowest BCUT2D eigenvalue weighted by Gasteiger charge is -2.16. The van der Waals surface area contributed by atoms with Gasteiger partial charge in [-0.15, -0.1) is 0 Å². The highest BCUT2D eigenvalue weighted by molar-refractivity contribution is 7.13. The lowest BCUT2D eigenvalue weighted by molar-refractivity contribution is -0.153. The summed E-state index contributed by atoms with van der Waals surface area (Å²) in [4.78, 5) is 16.5. The van der Waals surface area contributed by atoms with Crippen LogP contribution in [-0.4, -0.2) is 43.6 Å². The average molecular weight is 421 g/mol. The molecule has 0 atom stereocenters. The van der Waals surface area contributed by atoms with E-state index in [0.29, 0.717) is 17.2 Å². The maximum atomic E-state index is 12.2. The minimum absolute atomic E-state index is 0.0258. The minimum atomic E-state index is -4.44. The fourth-order valence-electron chi connectivity index (χ4n) is 1.97. The molecule has 0 spiro atoms. The van der Waals surface area contributed by atoms with Gasteiger partial charge in [-0.3, -0.25) is 0 Å². The first-order valence-electron chi connectivity index (χ1n) is 8.45. The number of rotatable bonds is 11. The van der Waals surface area contributed by atoms with Crippen molar-refractivity contribution in [3.63, 3.8) is 0 Å². The van der Waals surface area contributed by atoms with Gasteiger partial charge in [-0.25, -0.2) is 9.78 Å². The summed E-state index contributed by atoms with van der Waals surface area (Å²) in [5.74, 6) is -0.958. The molecule has 0 radical (unpaired) electrons. The van der Waals surface area contributed by atoms with Crippen LogP contribution >= 0.6 is 11.3 Å². The first kappa shape index (κ1) is 23.7. The highest BCUT2D eigenvalue weighted by Crippen LogP contribution is 2.24. The van der Waals surface area contributed by atoms with Crippen LogP contribution in [0.3, 0.4) is 0 Å². The SMILES string of the molecule is CCOCCOC(=O)/C(C#N)=C(\NCc1cnc(OCC(F)(F)F)s1)C(C)C. The summed E-state index contributed by atoms with van der Waals surface area (Å²) in [7, 11) is 0. The van der Waals surface area contributed by atoms with E-state index in [1.165, 1.54) is 6.20 Å². The van der Waals surface area contributed by atoms with Crippen molar-refractivity contribution in [2.75, 3.05) is 26.4 Å². The molecular formula is C17H22F3N3O4S. The number of alkyl halides is 3. The lowest BCUT2D eigenvalue weighted by atomic mass is 10.0. The Hall–Kier alpha value is -2.32. The second-order valence-electron chi connectivity index (χ2n) is 5.74. The zero-order valence-electron chi connectivity index (χ0n) is 15.8. The summed E-state index contributed by atoms with van der Waals surface area (Å²) >= 11 is 0.940. The van der Waals surface area contributed by atoms with E-state index in [-0.39, 0.29) is 36.4 Å². The Labute approximate surface area is 165 Å². The number of ether oxygens (including phenoxy) is 3. The van der Waals surface area contributed by atoms with Gasteiger partial charge in [-0.1, -0.05) is 25.2 Å². The largest absolute Gasteiger partial charge is 0.460 e. The van der Waals surface area contributed by atoms with Crippen LogP contribution in [0.2, 0.25) is 0 Å². The van der Waals surface area contributed by atoms with Crippen molar-refractivity contribution in [3.8, 4) is 11.3 Å². The van der Waals surface area contributed by atoms with Gasteiger partial charge >= 0.3 is 12.1 Å². The van der Waals surface area contributed by atoms with Crippen LogP contribution in [0.4, 0.5) is 13.2 Å². The molecule has 156 valence electrons. The van der Waals surface area contributed by atoms with Crippen LogP contribution < -0.4 is 10.1 Å². The molecule has 0 saturated carbocycles. The molecular weight excluding hydrogens is 399 g/mol. The molecule has 1 N–H and O–H groups in total. The Balaban J connectivity index is 2.75. The van der Waals surface area contributed by atoms with Gasteiger partial charge in [-0.2, -0.15) is 18.4 Å². The number of hydrogen-bond acceptors (Lipinski definition) is 8. The Kier molecular flexibility index (Phi) is 9.75. The summed E-state index contributed by atoms with van der Waals surface area (Å²) in [6, 6.07) is 1.84. The van der Waals surface area contributed by atoms with Crippen LogP contribution in [0.15, 0.2) is 17.5 Å². The summed E-state index contributed by atoms with van der Waals surface area (Å²) in [5, 5.41) is 12.2. The Bertz CT molecular complexity index is 711. The van der Waals surface area contributed by atoms with E-state index in [1.807, 2.05) is 13.0 Å². The Morgan fingerprint density at radius 1 is 1.39 bits per heavy atom. The zero-order chi connectivity index (χ0) is 21.2. The van der Waals surface area contributed by atoms with Crippen molar-refractivity contribution >= 4 is 17.3 Å². The smallest absolute Gasteiger partial charge is 0.422 e. The van der Waals surface area contributed by atoms with Crippen molar-refractivity contribution in [1.29, 1.82) is 5.26 Å². The maximum absolute atomic E-state index is 12.2. The van der Waals surface area contributed by atoms with Crippen molar-refractivity contribution in [2.24, 2.45) is 5.92 Å². The highest BCUT2D eigenvalue weighted by atomic mass is 32.1. The first-order valence-corrected chi connectivity index (χ1v) is 9.26. The van der Waals surface area contributed by atoms with Gasteiger partial charge in [0.2, 0.25) is 0 Å². The molecule has 0 fully saturated rings. The molecule has 0 aliphatic heterocycles. The van der Waals surface area contributed by atoms with Crippen LogP contribution in [0, 0.1) is 17.2 Å².